The van der Waals surface area contributed by atoms with Gasteiger partial charge in [-0.05, 0) is 32.4 Å². The van der Waals surface area contributed by atoms with E-state index >= 15 is 0 Å². The van der Waals surface area contributed by atoms with Crippen molar-refractivity contribution in [3.8, 4) is 0 Å². The minimum absolute atomic E-state index is 0.0744. The largest absolute Gasteiger partial charge is 0.481 e. The summed E-state index contributed by atoms with van der Waals surface area (Å²) in [4.78, 5) is 42.2. The number of aliphatic carboxylic acids is 1. The molecular weight excluding hydrogens is 338 g/mol. The number of carbonyl (C=O) groups excluding carboxylic acids is 2. The molecule has 1 fully saturated rings. The fourth-order valence-electron chi connectivity index (χ4n) is 2.93. The molecule has 0 unspecified atom stereocenters. The van der Waals surface area contributed by atoms with Gasteiger partial charge >= 0.3 is 5.97 Å². The molecule has 1 saturated heterocycles. The molecule has 0 radical (unpaired) electrons. The van der Waals surface area contributed by atoms with Gasteiger partial charge in [-0.2, -0.15) is 0 Å². The molecule has 2 N–H and O–H groups in total. The summed E-state index contributed by atoms with van der Waals surface area (Å²) < 4.78 is 5.20. The molecule has 26 heavy (non-hydrogen) atoms. The van der Waals surface area contributed by atoms with E-state index in [9.17, 15) is 19.5 Å². The number of methoxy groups -OCH3 is 1. The number of nitrogens with zero attached hydrogens (tertiary/aromatic N) is 2. The number of piperidine rings is 1. The van der Waals surface area contributed by atoms with Gasteiger partial charge in [0.25, 0.3) is 5.91 Å². The zero-order valence-electron chi connectivity index (χ0n) is 15.3. The van der Waals surface area contributed by atoms with Crippen molar-refractivity contribution in [3.05, 3.63) is 30.1 Å². The zero-order chi connectivity index (χ0) is 19.3. The summed E-state index contributed by atoms with van der Waals surface area (Å²) in [5, 5.41) is 12.2. The highest BCUT2D eigenvalue weighted by Crippen LogP contribution is 2.25. The molecule has 0 saturated carbocycles. The highest BCUT2D eigenvalue weighted by Gasteiger charge is 2.41. The number of carboxylic acid groups (broad SMARTS) is 1. The lowest BCUT2D eigenvalue weighted by molar-refractivity contribution is -0.158. The minimum Gasteiger partial charge on any atom is -0.481 e. The van der Waals surface area contributed by atoms with Crippen LogP contribution in [0.4, 0.5) is 0 Å². The van der Waals surface area contributed by atoms with Crippen LogP contribution in [0.5, 0.6) is 0 Å². The van der Waals surface area contributed by atoms with E-state index in [1.165, 1.54) is 12.0 Å². The summed E-state index contributed by atoms with van der Waals surface area (Å²) in [5.74, 6) is -3.00. The first-order valence-electron chi connectivity index (χ1n) is 8.49. The Labute approximate surface area is 152 Å². The predicted octanol–water partition coefficient (Wildman–Crippen LogP) is 0.672. The van der Waals surface area contributed by atoms with Crippen LogP contribution in [0.25, 0.3) is 0 Å². The van der Waals surface area contributed by atoms with E-state index in [0.717, 1.165) is 0 Å². The molecular formula is C18H25N3O5. The topological polar surface area (TPSA) is 109 Å². The number of hydrogen-bond donors (Lipinski definition) is 2. The molecule has 2 rings (SSSR count). The highest BCUT2D eigenvalue weighted by atomic mass is 16.5. The van der Waals surface area contributed by atoms with Crippen LogP contribution in [0, 0.1) is 11.8 Å². The Bertz CT molecular complexity index is 662. The number of ether oxygens (including phenoxy) is 1. The fourth-order valence-corrected chi connectivity index (χ4v) is 2.93. The van der Waals surface area contributed by atoms with E-state index in [4.69, 9.17) is 4.74 Å². The van der Waals surface area contributed by atoms with Crippen molar-refractivity contribution in [1.29, 1.82) is 0 Å². The van der Waals surface area contributed by atoms with Crippen molar-refractivity contribution in [2.45, 2.75) is 32.4 Å². The van der Waals surface area contributed by atoms with E-state index in [2.05, 4.69) is 10.3 Å². The van der Waals surface area contributed by atoms with Gasteiger partial charge in [-0.1, -0.05) is 6.07 Å². The summed E-state index contributed by atoms with van der Waals surface area (Å²) in [7, 11) is 1.42. The average molecular weight is 363 g/mol. The van der Waals surface area contributed by atoms with Gasteiger partial charge in [0.1, 0.15) is 5.60 Å². The Hall–Kier alpha value is -2.48. The van der Waals surface area contributed by atoms with Crippen LogP contribution < -0.4 is 5.32 Å². The highest BCUT2D eigenvalue weighted by molar-refractivity contribution is 5.87. The van der Waals surface area contributed by atoms with E-state index in [1.807, 2.05) is 6.07 Å². The van der Waals surface area contributed by atoms with E-state index in [-0.39, 0.29) is 37.9 Å². The first-order chi connectivity index (χ1) is 12.2. The van der Waals surface area contributed by atoms with Crippen LogP contribution >= 0.6 is 0 Å². The summed E-state index contributed by atoms with van der Waals surface area (Å²) in [6, 6.07) is 5.39. The standard InChI is InChI=1S/C18H25N3O5/c1-18(2,26-3)17(25)21-10-12(8-13(11-21)16(23)24)15(22)20-9-14-6-4-5-7-19-14/h4-7,12-13H,8-11H2,1-3H3,(H,20,22)(H,23,24)/t12-,13-/m0/s1. The van der Waals surface area contributed by atoms with Crippen LogP contribution in [-0.2, 0) is 25.7 Å². The van der Waals surface area contributed by atoms with Crippen molar-refractivity contribution >= 4 is 17.8 Å². The lowest BCUT2D eigenvalue weighted by Gasteiger charge is -2.38. The molecule has 1 aliphatic rings. The second-order valence-corrected chi connectivity index (χ2v) is 6.93. The van der Waals surface area contributed by atoms with Gasteiger partial charge in [0.05, 0.1) is 24.1 Å². The van der Waals surface area contributed by atoms with Crippen LogP contribution in [0.3, 0.4) is 0 Å². The molecule has 2 amide bonds. The second kappa shape index (κ2) is 8.27. The maximum Gasteiger partial charge on any atom is 0.308 e. The quantitative estimate of drug-likeness (QED) is 0.769. The van der Waals surface area contributed by atoms with Crippen molar-refractivity contribution in [2.24, 2.45) is 11.8 Å². The molecule has 0 aromatic carbocycles. The first kappa shape index (κ1) is 19.8. The van der Waals surface area contributed by atoms with Crippen molar-refractivity contribution < 1.29 is 24.2 Å². The van der Waals surface area contributed by atoms with E-state index in [1.54, 1.807) is 32.2 Å². The fraction of sp³-hybridized carbons (Fsp3) is 0.556. The molecule has 0 aliphatic carbocycles. The van der Waals surface area contributed by atoms with Gasteiger partial charge in [0.15, 0.2) is 0 Å². The smallest absolute Gasteiger partial charge is 0.308 e. The minimum atomic E-state index is -1.07. The Kier molecular flexibility index (Phi) is 6.31. The number of carbonyl (C=O) groups is 3. The number of pyridine rings is 1. The third-order valence-corrected chi connectivity index (χ3v) is 4.65. The Balaban J connectivity index is 2.07. The Morgan fingerprint density at radius 2 is 2.00 bits per heavy atom. The summed E-state index contributed by atoms with van der Waals surface area (Å²) in [6.45, 7) is 3.74. The number of aromatic nitrogens is 1. The normalized spacial score (nSPS) is 20.5. The van der Waals surface area contributed by atoms with Crippen molar-refractivity contribution in [2.75, 3.05) is 20.2 Å². The zero-order valence-corrected chi connectivity index (χ0v) is 15.3. The molecule has 1 aromatic rings. The Morgan fingerprint density at radius 3 is 2.58 bits per heavy atom. The molecule has 0 spiro atoms. The summed E-state index contributed by atoms with van der Waals surface area (Å²) >= 11 is 0. The SMILES string of the molecule is COC(C)(C)C(=O)N1C[C@@H](C(=O)O)C[C@H](C(=O)NCc2ccccn2)C1. The third-order valence-electron chi connectivity index (χ3n) is 4.65. The molecule has 8 heteroatoms. The number of amides is 2. The third kappa shape index (κ3) is 4.78. The average Bonchev–Trinajstić information content (AvgIpc) is 2.65. The van der Waals surface area contributed by atoms with E-state index < -0.39 is 23.4 Å². The lowest BCUT2D eigenvalue weighted by Crippen LogP contribution is -2.55. The maximum atomic E-state index is 12.6. The second-order valence-electron chi connectivity index (χ2n) is 6.93. The molecule has 2 atom stereocenters. The lowest BCUT2D eigenvalue weighted by atomic mass is 9.87. The van der Waals surface area contributed by atoms with Gasteiger partial charge in [-0.3, -0.25) is 19.4 Å². The van der Waals surface area contributed by atoms with Gasteiger partial charge in [-0.25, -0.2) is 0 Å². The van der Waals surface area contributed by atoms with Crippen LogP contribution in [-0.4, -0.2) is 58.6 Å². The van der Waals surface area contributed by atoms with Crippen molar-refractivity contribution in [1.82, 2.24) is 15.2 Å². The van der Waals surface area contributed by atoms with Crippen LogP contribution in [0.15, 0.2) is 24.4 Å². The molecule has 0 bridgehead atoms. The number of rotatable bonds is 6. The first-order valence-corrected chi connectivity index (χ1v) is 8.49. The van der Waals surface area contributed by atoms with E-state index in [0.29, 0.717) is 5.69 Å². The van der Waals surface area contributed by atoms with Gasteiger partial charge in [0.2, 0.25) is 5.91 Å². The van der Waals surface area contributed by atoms with Gasteiger partial charge in [-0.15, -0.1) is 0 Å². The molecule has 2 heterocycles. The maximum absolute atomic E-state index is 12.6. The number of hydrogen-bond acceptors (Lipinski definition) is 5. The molecule has 142 valence electrons. The molecule has 8 nitrogen and oxygen atoms in total. The number of nitrogens with one attached hydrogen (secondary N) is 1. The monoisotopic (exact) mass is 363 g/mol. The number of carboxylic acids is 1. The summed E-state index contributed by atoms with van der Waals surface area (Å²) in [5.41, 5.74) is -0.366. The molecule has 1 aromatic heterocycles. The van der Waals surface area contributed by atoms with Crippen LogP contribution in [0.1, 0.15) is 26.0 Å². The van der Waals surface area contributed by atoms with Gasteiger partial charge < -0.3 is 20.1 Å². The number of likely N-dealkylation sites (tertiary alicyclic amines) is 1. The predicted molar refractivity (Wildman–Crippen MR) is 93.0 cm³/mol. The Morgan fingerprint density at radius 1 is 1.31 bits per heavy atom. The van der Waals surface area contributed by atoms with Gasteiger partial charge in [0, 0.05) is 26.4 Å². The van der Waals surface area contributed by atoms with Crippen molar-refractivity contribution in [3.63, 3.8) is 0 Å². The summed E-state index contributed by atoms with van der Waals surface area (Å²) in [6.07, 6.45) is 1.83. The molecule has 1 aliphatic heterocycles. The van der Waals surface area contributed by atoms with Crippen LogP contribution in [0.2, 0.25) is 0 Å².